The summed E-state index contributed by atoms with van der Waals surface area (Å²) < 4.78 is 48.1. The molecule has 0 heterocycles. The van der Waals surface area contributed by atoms with Gasteiger partial charge in [0.05, 0.1) is 24.6 Å². The van der Waals surface area contributed by atoms with Crippen LogP contribution < -0.4 is 4.72 Å². The second kappa shape index (κ2) is 10.1. The average Bonchev–Trinajstić information content (AvgIpc) is 3.15. The summed E-state index contributed by atoms with van der Waals surface area (Å²) in [6, 6.07) is -0.814. The third-order valence-electron chi connectivity index (χ3n) is 4.68. The van der Waals surface area contributed by atoms with Crippen LogP contribution in [0.15, 0.2) is 10.2 Å². The van der Waals surface area contributed by atoms with Gasteiger partial charge in [0.15, 0.2) is 0 Å². The van der Waals surface area contributed by atoms with Gasteiger partial charge in [-0.2, -0.15) is 0 Å². The van der Waals surface area contributed by atoms with Crippen LogP contribution in [0, 0.1) is 0 Å². The summed E-state index contributed by atoms with van der Waals surface area (Å²) in [5.74, 6) is 0. The third-order valence-corrected chi connectivity index (χ3v) is 6.73. The van der Waals surface area contributed by atoms with E-state index in [4.69, 9.17) is 11.1 Å². The fraction of sp³-hybridized carbons (Fsp3) is 1.00. The SMILES string of the molecule is CN([C@@H]1CCC[C@H]1N=[N+]=[N-])S(C)(=O)=O.CS(=O)(=O)N[C@@H]1CCC[C@H]1N=[N+]=[N-]. The molecule has 12 nitrogen and oxygen atoms in total. The Hall–Kier alpha value is -1.56. The molecule has 0 aromatic rings. The molecule has 0 aromatic heterocycles. The van der Waals surface area contributed by atoms with E-state index in [9.17, 15) is 16.8 Å². The number of rotatable bonds is 6. The lowest BCUT2D eigenvalue weighted by Crippen LogP contribution is -2.40. The molecule has 0 unspecified atom stereocenters. The van der Waals surface area contributed by atoms with Crippen LogP contribution in [0.5, 0.6) is 0 Å². The standard InChI is InChI=1S/C7H14N4O2S.C6H12N4O2S/c1-11(14(2,12)13)7-5-3-4-6(7)9-10-8;1-13(11,12)9-6-4-2-3-5(6)8-10-7/h6-7H,3-5H2,1-2H3;5-6,9H,2-4H2,1H3/t6-,7-;5-,6-/m11/s1. The van der Waals surface area contributed by atoms with E-state index >= 15 is 0 Å². The van der Waals surface area contributed by atoms with Crippen molar-refractivity contribution >= 4 is 20.0 Å². The molecule has 2 rings (SSSR count). The van der Waals surface area contributed by atoms with E-state index in [0.29, 0.717) is 0 Å². The minimum Gasteiger partial charge on any atom is -0.213 e. The Balaban J connectivity index is 0.000000271. The molecule has 0 bridgehead atoms. The molecule has 0 saturated heterocycles. The maximum Gasteiger partial charge on any atom is 0.211 e. The van der Waals surface area contributed by atoms with Gasteiger partial charge in [-0.1, -0.05) is 23.1 Å². The maximum absolute atomic E-state index is 11.3. The summed E-state index contributed by atoms with van der Waals surface area (Å²) in [5, 5.41) is 7.16. The van der Waals surface area contributed by atoms with Crippen molar-refractivity contribution < 1.29 is 16.8 Å². The number of hydrogen-bond donors (Lipinski definition) is 1. The van der Waals surface area contributed by atoms with Gasteiger partial charge in [0, 0.05) is 29.0 Å². The van der Waals surface area contributed by atoms with Crippen LogP contribution in [0.2, 0.25) is 0 Å². The molecule has 1 N–H and O–H groups in total. The molecule has 2 aliphatic carbocycles. The van der Waals surface area contributed by atoms with Crippen molar-refractivity contribution in [1.82, 2.24) is 9.03 Å². The highest BCUT2D eigenvalue weighted by molar-refractivity contribution is 7.88. The summed E-state index contributed by atoms with van der Waals surface area (Å²) in [6.07, 6.45) is 7.14. The lowest BCUT2D eigenvalue weighted by Gasteiger charge is -2.24. The van der Waals surface area contributed by atoms with Crippen LogP contribution in [0.25, 0.3) is 20.9 Å². The Morgan fingerprint density at radius 3 is 1.96 bits per heavy atom. The first kappa shape index (κ1) is 23.5. The molecule has 0 spiro atoms. The van der Waals surface area contributed by atoms with E-state index in [1.54, 1.807) is 0 Å². The van der Waals surface area contributed by atoms with Gasteiger partial charge < -0.3 is 0 Å². The van der Waals surface area contributed by atoms with Gasteiger partial charge in [-0.25, -0.2) is 25.9 Å². The first-order valence-electron chi connectivity index (χ1n) is 8.48. The zero-order chi connectivity index (χ0) is 20.7. The van der Waals surface area contributed by atoms with Crippen molar-refractivity contribution in [2.45, 2.75) is 62.7 Å². The van der Waals surface area contributed by atoms with Gasteiger partial charge in [-0.15, -0.1) is 0 Å². The highest BCUT2D eigenvalue weighted by Crippen LogP contribution is 2.27. The van der Waals surface area contributed by atoms with Crippen molar-refractivity contribution in [3.05, 3.63) is 20.9 Å². The Morgan fingerprint density at radius 2 is 1.44 bits per heavy atom. The Bertz CT molecular complexity index is 802. The Morgan fingerprint density at radius 1 is 0.926 bits per heavy atom. The van der Waals surface area contributed by atoms with Crippen LogP contribution in [0.4, 0.5) is 0 Å². The van der Waals surface area contributed by atoms with Gasteiger partial charge in [0.2, 0.25) is 20.0 Å². The minimum absolute atomic E-state index is 0.166. The van der Waals surface area contributed by atoms with Gasteiger partial charge in [-0.05, 0) is 36.7 Å². The number of hydrogen-bond acceptors (Lipinski definition) is 6. The first-order chi connectivity index (χ1) is 12.5. The topological polar surface area (TPSA) is 181 Å². The maximum atomic E-state index is 11.3. The number of sulfonamides is 2. The fourth-order valence-corrected chi connectivity index (χ4v) is 4.91. The summed E-state index contributed by atoms with van der Waals surface area (Å²) in [6.45, 7) is 0. The molecule has 27 heavy (non-hydrogen) atoms. The zero-order valence-electron chi connectivity index (χ0n) is 15.6. The summed E-state index contributed by atoms with van der Waals surface area (Å²) in [5.41, 5.74) is 16.5. The number of nitrogens with one attached hydrogen (secondary N) is 1. The van der Waals surface area contributed by atoms with E-state index in [0.717, 1.165) is 44.8 Å². The molecule has 2 fully saturated rings. The predicted octanol–water partition coefficient (Wildman–Crippen LogP) is 1.88. The average molecular weight is 423 g/mol. The number of nitrogens with zero attached hydrogens (tertiary/aromatic N) is 7. The highest BCUT2D eigenvalue weighted by atomic mass is 32.2. The van der Waals surface area contributed by atoms with Crippen molar-refractivity contribution in [2.24, 2.45) is 10.2 Å². The molecular formula is C13H26N8O4S2. The zero-order valence-corrected chi connectivity index (χ0v) is 17.3. The molecule has 14 heteroatoms. The molecule has 0 aromatic carbocycles. The molecule has 0 radical (unpaired) electrons. The summed E-state index contributed by atoms with van der Waals surface area (Å²) in [7, 11) is -4.85. The Labute approximate surface area is 159 Å². The van der Waals surface area contributed by atoms with Crippen molar-refractivity contribution in [1.29, 1.82) is 0 Å². The van der Waals surface area contributed by atoms with Crippen LogP contribution >= 0.6 is 0 Å². The van der Waals surface area contributed by atoms with Crippen LogP contribution in [-0.4, -0.2) is 64.9 Å². The van der Waals surface area contributed by atoms with Crippen LogP contribution in [0.3, 0.4) is 0 Å². The quantitative estimate of drug-likeness (QED) is 0.390. The second-order valence-electron chi connectivity index (χ2n) is 6.75. The van der Waals surface area contributed by atoms with Crippen LogP contribution in [-0.2, 0) is 20.0 Å². The van der Waals surface area contributed by atoms with Gasteiger partial charge >= 0.3 is 0 Å². The van der Waals surface area contributed by atoms with E-state index in [-0.39, 0.29) is 24.2 Å². The second-order valence-corrected chi connectivity index (χ2v) is 10.6. The monoisotopic (exact) mass is 422 g/mol. The predicted molar refractivity (Wildman–Crippen MR) is 102 cm³/mol. The fourth-order valence-electron chi connectivity index (χ4n) is 3.35. The molecule has 4 atom stereocenters. The first-order valence-corrected chi connectivity index (χ1v) is 12.2. The van der Waals surface area contributed by atoms with Gasteiger partial charge in [-0.3, -0.25) is 0 Å². The van der Waals surface area contributed by atoms with Crippen molar-refractivity contribution in [2.75, 3.05) is 19.6 Å². The van der Waals surface area contributed by atoms with E-state index in [2.05, 4.69) is 24.8 Å². The largest absolute Gasteiger partial charge is 0.213 e. The summed E-state index contributed by atoms with van der Waals surface area (Å²) >= 11 is 0. The molecule has 0 aliphatic heterocycles. The highest BCUT2D eigenvalue weighted by Gasteiger charge is 2.33. The molecular weight excluding hydrogens is 396 g/mol. The number of azide groups is 2. The smallest absolute Gasteiger partial charge is 0.211 e. The van der Waals surface area contributed by atoms with E-state index < -0.39 is 20.0 Å². The summed E-state index contributed by atoms with van der Waals surface area (Å²) in [4.78, 5) is 5.42. The van der Waals surface area contributed by atoms with Crippen LogP contribution in [0.1, 0.15) is 38.5 Å². The normalized spacial score (nSPS) is 28.0. The molecule has 154 valence electrons. The van der Waals surface area contributed by atoms with Crippen molar-refractivity contribution in [3.63, 3.8) is 0 Å². The van der Waals surface area contributed by atoms with Gasteiger partial charge in [0.1, 0.15) is 0 Å². The minimum atomic E-state index is -3.19. The lowest BCUT2D eigenvalue weighted by molar-refractivity contribution is 0.348. The molecule has 0 amide bonds. The van der Waals surface area contributed by atoms with E-state index in [1.165, 1.54) is 17.6 Å². The number of likely N-dealkylation sites (N-methyl/N-ethyl adjacent to an activating group) is 1. The molecule has 2 saturated carbocycles. The molecule has 2 aliphatic rings. The Kier molecular flexibility index (Phi) is 8.79. The van der Waals surface area contributed by atoms with Crippen molar-refractivity contribution in [3.8, 4) is 0 Å². The van der Waals surface area contributed by atoms with E-state index in [1.807, 2.05) is 0 Å². The third kappa shape index (κ3) is 7.91. The lowest BCUT2D eigenvalue weighted by atomic mass is 10.2. The van der Waals surface area contributed by atoms with Gasteiger partial charge in [0.25, 0.3) is 0 Å².